The van der Waals surface area contributed by atoms with Gasteiger partial charge in [0, 0.05) is 10.9 Å². The van der Waals surface area contributed by atoms with Gasteiger partial charge in [0.05, 0.1) is 11.6 Å². The highest BCUT2D eigenvalue weighted by atomic mass is 79.9. The molecule has 0 aliphatic heterocycles. The molecule has 0 amide bonds. The minimum atomic E-state index is 0.428. The van der Waals surface area contributed by atoms with E-state index in [1.165, 1.54) is 5.56 Å². The van der Waals surface area contributed by atoms with Crippen molar-refractivity contribution in [1.82, 2.24) is 0 Å². The molecule has 0 aliphatic carbocycles. The lowest BCUT2D eigenvalue weighted by Crippen LogP contribution is -2.13. The van der Waals surface area contributed by atoms with Gasteiger partial charge in [-0.2, -0.15) is 0 Å². The van der Waals surface area contributed by atoms with Crippen LogP contribution in [0.3, 0.4) is 0 Å². The quantitative estimate of drug-likeness (QED) is 0.844. The Morgan fingerprint density at radius 2 is 2.19 bits per heavy atom. The number of nitrogens with two attached hydrogens (primary N) is 1. The van der Waals surface area contributed by atoms with Gasteiger partial charge in [0.15, 0.2) is 0 Å². The van der Waals surface area contributed by atoms with Crippen LogP contribution in [0.5, 0.6) is 5.75 Å². The van der Waals surface area contributed by atoms with E-state index in [9.17, 15) is 0 Å². The van der Waals surface area contributed by atoms with Crippen molar-refractivity contribution in [2.75, 3.05) is 6.61 Å². The lowest BCUT2D eigenvalue weighted by atomic mass is 10.0. The Balaban J connectivity index is 2.74. The highest BCUT2D eigenvalue weighted by molar-refractivity contribution is 9.10. The van der Waals surface area contributed by atoms with Crippen LogP contribution in [0, 0.1) is 0 Å². The lowest BCUT2D eigenvalue weighted by Gasteiger charge is -2.14. The number of hydrogen-bond acceptors (Lipinski definition) is 2. The maximum absolute atomic E-state index is 5.68. The largest absolute Gasteiger partial charge is 0.493 e. The van der Waals surface area contributed by atoms with Gasteiger partial charge in [-0.15, -0.1) is 0 Å². The zero-order valence-corrected chi connectivity index (χ0v) is 11.9. The number of thiocarbonyl (C=S) groups is 1. The van der Waals surface area contributed by atoms with E-state index in [0.717, 1.165) is 10.2 Å². The third-order valence-electron chi connectivity index (χ3n) is 2.20. The van der Waals surface area contributed by atoms with E-state index in [1.54, 1.807) is 0 Å². The Bertz CT molecular complexity index is 379. The summed E-state index contributed by atoms with van der Waals surface area (Å²) in [7, 11) is 0. The Kier molecular flexibility index (Phi) is 5.22. The van der Waals surface area contributed by atoms with Crippen LogP contribution in [0.2, 0.25) is 0 Å². The van der Waals surface area contributed by atoms with E-state index in [2.05, 4.69) is 35.8 Å². The maximum atomic E-state index is 5.68. The van der Waals surface area contributed by atoms with E-state index in [-0.39, 0.29) is 0 Å². The van der Waals surface area contributed by atoms with Crippen LogP contribution in [0.15, 0.2) is 22.7 Å². The summed E-state index contributed by atoms with van der Waals surface area (Å²) in [6, 6.07) is 6.03. The van der Waals surface area contributed by atoms with Gasteiger partial charge in [0.1, 0.15) is 5.75 Å². The molecule has 0 aromatic heterocycles. The van der Waals surface area contributed by atoms with E-state index in [1.807, 2.05) is 12.1 Å². The van der Waals surface area contributed by atoms with Gasteiger partial charge in [-0.1, -0.05) is 42.0 Å². The molecule has 0 saturated carbocycles. The molecule has 0 radical (unpaired) electrons. The van der Waals surface area contributed by atoms with Crippen molar-refractivity contribution in [1.29, 1.82) is 0 Å². The van der Waals surface area contributed by atoms with Crippen LogP contribution >= 0.6 is 28.1 Å². The molecule has 1 aromatic rings. The minimum Gasteiger partial charge on any atom is -0.493 e. The topological polar surface area (TPSA) is 35.2 Å². The molecule has 0 atom stereocenters. The van der Waals surface area contributed by atoms with Crippen molar-refractivity contribution in [3.05, 3.63) is 28.2 Å². The van der Waals surface area contributed by atoms with Crippen LogP contribution in [0.25, 0.3) is 0 Å². The number of halogens is 1. The number of ether oxygens (including phenoxy) is 1. The molecule has 4 heteroatoms. The van der Waals surface area contributed by atoms with Crippen LogP contribution in [-0.4, -0.2) is 11.6 Å². The van der Waals surface area contributed by atoms with E-state index in [0.29, 0.717) is 23.9 Å². The highest BCUT2D eigenvalue weighted by Gasteiger charge is 2.08. The molecule has 0 heterocycles. The summed E-state index contributed by atoms with van der Waals surface area (Å²) in [5.74, 6) is 1.34. The van der Waals surface area contributed by atoms with Gasteiger partial charge < -0.3 is 10.5 Å². The Morgan fingerprint density at radius 1 is 1.50 bits per heavy atom. The summed E-state index contributed by atoms with van der Waals surface area (Å²) in [5, 5.41) is 0. The van der Waals surface area contributed by atoms with Gasteiger partial charge in [-0.3, -0.25) is 0 Å². The Labute approximate surface area is 110 Å². The van der Waals surface area contributed by atoms with Crippen molar-refractivity contribution in [3.63, 3.8) is 0 Å². The van der Waals surface area contributed by atoms with Gasteiger partial charge in [0.2, 0.25) is 0 Å². The van der Waals surface area contributed by atoms with Crippen LogP contribution in [0.4, 0.5) is 0 Å². The summed E-state index contributed by atoms with van der Waals surface area (Å²) in [6.07, 6.45) is 0.614. The SMILES string of the molecule is CC(C)c1cc(Br)ccc1OCCC(N)=S. The maximum Gasteiger partial charge on any atom is 0.122 e. The molecular formula is C12H16BrNOS. The predicted octanol–water partition coefficient (Wildman–Crippen LogP) is 3.63. The molecule has 88 valence electrons. The van der Waals surface area contributed by atoms with Gasteiger partial charge in [-0.25, -0.2) is 0 Å². The van der Waals surface area contributed by atoms with Crippen molar-refractivity contribution in [2.24, 2.45) is 5.73 Å². The molecule has 2 N–H and O–H groups in total. The predicted molar refractivity (Wildman–Crippen MR) is 75.1 cm³/mol. The smallest absolute Gasteiger partial charge is 0.122 e. The zero-order chi connectivity index (χ0) is 12.1. The monoisotopic (exact) mass is 301 g/mol. The molecule has 0 unspecified atom stereocenters. The average molecular weight is 302 g/mol. The molecule has 16 heavy (non-hydrogen) atoms. The normalized spacial score (nSPS) is 10.5. The molecule has 2 nitrogen and oxygen atoms in total. The van der Waals surface area contributed by atoms with Crippen LogP contribution in [0.1, 0.15) is 31.7 Å². The Morgan fingerprint density at radius 3 is 2.75 bits per heavy atom. The number of benzene rings is 1. The zero-order valence-electron chi connectivity index (χ0n) is 9.50. The Hall–Kier alpha value is -0.610. The third kappa shape index (κ3) is 4.10. The molecule has 0 bridgehead atoms. The van der Waals surface area contributed by atoms with Gasteiger partial charge in [-0.05, 0) is 29.7 Å². The number of hydrogen-bond donors (Lipinski definition) is 1. The molecule has 1 rings (SSSR count). The van der Waals surface area contributed by atoms with E-state index in [4.69, 9.17) is 22.7 Å². The molecule has 0 aliphatic rings. The summed E-state index contributed by atoms with van der Waals surface area (Å²) >= 11 is 8.27. The van der Waals surface area contributed by atoms with Crippen molar-refractivity contribution in [3.8, 4) is 5.75 Å². The van der Waals surface area contributed by atoms with Gasteiger partial charge >= 0.3 is 0 Å². The fraction of sp³-hybridized carbons (Fsp3) is 0.417. The highest BCUT2D eigenvalue weighted by Crippen LogP contribution is 2.29. The second-order valence-electron chi connectivity index (χ2n) is 3.90. The fourth-order valence-corrected chi connectivity index (χ4v) is 1.83. The average Bonchev–Trinajstić information content (AvgIpc) is 2.19. The van der Waals surface area contributed by atoms with Gasteiger partial charge in [0.25, 0.3) is 0 Å². The molecular weight excluding hydrogens is 286 g/mol. The van der Waals surface area contributed by atoms with E-state index >= 15 is 0 Å². The second-order valence-corrected chi connectivity index (χ2v) is 5.34. The van der Waals surface area contributed by atoms with Crippen molar-refractivity contribution < 1.29 is 4.74 Å². The fourth-order valence-electron chi connectivity index (χ4n) is 1.36. The summed E-state index contributed by atoms with van der Waals surface area (Å²) in [4.78, 5) is 0.489. The summed E-state index contributed by atoms with van der Waals surface area (Å²) in [5.41, 5.74) is 6.61. The van der Waals surface area contributed by atoms with Crippen molar-refractivity contribution >= 4 is 33.1 Å². The summed E-state index contributed by atoms with van der Waals surface area (Å²) in [6.45, 7) is 4.82. The van der Waals surface area contributed by atoms with Crippen molar-refractivity contribution in [2.45, 2.75) is 26.2 Å². The molecule has 0 saturated heterocycles. The molecule has 0 spiro atoms. The molecule has 0 fully saturated rings. The lowest BCUT2D eigenvalue weighted by molar-refractivity contribution is 0.324. The first-order valence-electron chi connectivity index (χ1n) is 5.21. The molecule has 1 aromatic carbocycles. The minimum absolute atomic E-state index is 0.428. The first-order valence-corrected chi connectivity index (χ1v) is 6.41. The second kappa shape index (κ2) is 6.21. The summed E-state index contributed by atoms with van der Waals surface area (Å²) < 4.78 is 6.74. The third-order valence-corrected chi connectivity index (χ3v) is 2.90. The standard InChI is InChI=1S/C12H16BrNOS/c1-8(2)10-7-9(13)3-4-11(10)15-6-5-12(14)16/h3-4,7-8H,5-6H2,1-2H3,(H2,14,16). The van der Waals surface area contributed by atoms with E-state index < -0.39 is 0 Å². The first kappa shape index (κ1) is 13.5. The first-order chi connectivity index (χ1) is 7.50. The van der Waals surface area contributed by atoms with Crippen LogP contribution < -0.4 is 10.5 Å². The van der Waals surface area contributed by atoms with Crippen LogP contribution in [-0.2, 0) is 0 Å². The number of rotatable bonds is 5.